The first-order valence-electron chi connectivity index (χ1n) is 6.32. The Balaban J connectivity index is 1.81. The van der Waals surface area contributed by atoms with E-state index < -0.39 is 11.6 Å². The number of rotatable bonds is 3. The van der Waals surface area contributed by atoms with Gasteiger partial charge in [0.1, 0.15) is 23.1 Å². The van der Waals surface area contributed by atoms with Crippen LogP contribution in [0.4, 0.5) is 8.78 Å². The second kappa shape index (κ2) is 5.56. The second-order valence-corrected chi connectivity index (χ2v) is 4.59. The summed E-state index contributed by atoms with van der Waals surface area (Å²) in [7, 11) is 0. The first-order valence-corrected chi connectivity index (χ1v) is 6.32. The highest BCUT2D eigenvalue weighted by molar-refractivity contribution is 5.35. The average Bonchev–Trinajstić information content (AvgIpc) is 2.91. The molecule has 1 heterocycles. The summed E-state index contributed by atoms with van der Waals surface area (Å²) in [4.78, 5) is 5.11. The van der Waals surface area contributed by atoms with Crippen LogP contribution in [-0.2, 0) is 4.84 Å². The van der Waals surface area contributed by atoms with Crippen molar-refractivity contribution in [2.24, 2.45) is 0 Å². The molecule has 0 unspecified atom stereocenters. The molecule has 0 bridgehead atoms. The Bertz CT molecular complexity index is 592. The predicted molar refractivity (Wildman–Crippen MR) is 69.3 cm³/mol. The van der Waals surface area contributed by atoms with E-state index in [1.54, 1.807) is 6.07 Å². The van der Waals surface area contributed by atoms with E-state index in [0.717, 1.165) is 30.2 Å². The smallest absolute Gasteiger partial charge is 0.133 e. The molecule has 20 heavy (non-hydrogen) atoms. The monoisotopic (exact) mass is 277 g/mol. The summed E-state index contributed by atoms with van der Waals surface area (Å²) < 4.78 is 31.7. The van der Waals surface area contributed by atoms with Gasteiger partial charge in [-0.15, -0.1) is 0 Å². The molecule has 1 N–H and O–H groups in total. The first-order chi connectivity index (χ1) is 9.70. The molecule has 5 heteroatoms. The Hall–Kier alpha value is -1.98. The Morgan fingerprint density at radius 2 is 1.85 bits per heavy atom. The van der Waals surface area contributed by atoms with E-state index in [1.807, 2.05) is 18.2 Å². The summed E-state index contributed by atoms with van der Waals surface area (Å²) in [6.45, 7) is 0.658. The van der Waals surface area contributed by atoms with Crippen molar-refractivity contribution in [2.45, 2.75) is 12.5 Å². The van der Waals surface area contributed by atoms with Crippen molar-refractivity contribution in [3.05, 3.63) is 59.7 Å². The summed E-state index contributed by atoms with van der Waals surface area (Å²) in [5, 5.41) is 0. The molecule has 3 rings (SSSR count). The van der Waals surface area contributed by atoms with Crippen LogP contribution in [0.5, 0.6) is 11.5 Å². The third kappa shape index (κ3) is 2.95. The van der Waals surface area contributed by atoms with Crippen molar-refractivity contribution in [1.82, 2.24) is 5.48 Å². The van der Waals surface area contributed by atoms with Gasteiger partial charge in [0.25, 0.3) is 0 Å². The van der Waals surface area contributed by atoms with Crippen molar-refractivity contribution >= 4 is 0 Å². The zero-order valence-corrected chi connectivity index (χ0v) is 10.6. The molecule has 1 saturated heterocycles. The highest BCUT2D eigenvalue weighted by Gasteiger charge is 2.17. The predicted octanol–water partition coefficient (Wildman–Crippen LogP) is 3.72. The van der Waals surface area contributed by atoms with Gasteiger partial charge in [0.05, 0.1) is 12.6 Å². The maximum Gasteiger partial charge on any atom is 0.133 e. The summed E-state index contributed by atoms with van der Waals surface area (Å²) >= 11 is 0. The molecule has 1 aliphatic rings. The van der Waals surface area contributed by atoms with Crippen LogP contribution < -0.4 is 10.2 Å². The number of halogens is 2. The van der Waals surface area contributed by atoms with Gasteiger partial charge in [-0.2, -0.15) is 5.48 Å². The van der Waals surface area contributed by atoms with Gasteiger partial charge in [0.15, 0.2) is 0 Å². The average molecular weight is 277 g/mol. The first kappa shape index (κ1) is 13.0. The van der Waals surface area contributed by atoms with Gasteiger partial charge in [-0.3, -0.25) is 0 Å². The topological polar surface area (TPSA) is 30.5 Å². The van der Waals surface area contributed by atoms with E-state index in [4.69, 9.17) is 9.57 Å². The lowest BCUT2D eigenvalue weighted by Gasteiger charge is -2.11. The molecule has 1 aliphatic heterocycles. The largest absolute Gasteiger partial charge is 0.457 e. The molecule has 2 aromatic carbocycles. The molecule has 0 amide bonds. The fourth-order valence-electron chi connectivity index (χ4n) is 2.15. The molecular formula is C15H13F2NO2. The van der Waals surface area contributed by atoms with E-state index in [-0.39, 0.29) is 11.8 Å². The third-order valence-electron chi connectivity index (χ3n) is 3.07. The molecule has 1 atom stereocenters. The van der Waals surface area contributed by atoms with E-state index in [1.165, 1.54) is 0 Å². The zero-order valence-electron chi connectivity index (χ0n) is 10.6. The minimum atomic E-state index is -0.665. The van der Waals surface area contributed by atoms with Crippen LogP contribution in [-0.4, -0.2) is 6.61 Å². The molecule has 3 nitrogen and oxygen atoms in total. The minimum absolute atomic E-state index is 0.114. The van der Waals surface area contributed by atoms with E-state index >= 15 is 0 Å². The summed E-state index contributed by atoms with van der Waals surface area (Å²) in [5.74, 6) is -0.666. The van der Waals surface area contributed by atoms with Gasteiger partial charge in [-0.25, -0.2) is 8.78 Å². The number of hydroxylamine groups is 1. The van der Waals surface area contributed by atoms with E-state index in [2.05, 4.69) is 5.48 Å². The van der Waals surface area contributed by atoms with Crippen molar-refractivity contribution in [1.29, 1.82) is 0 Å². The molecule has 0 saturated carbocycles. The quantitative estimate of drug-likeness (QED) is 0.927. The molecule has 0 aliphatic carbocycles. The Kier molecular flexibility index (Phi) is 3.62. The molecule has 0 spiro atoms. The van der Waals surface area contributed by atoms with Crippen LogP contribution in [0, 0.1) is 11.6 Å². The molecular weight excluding hydrogens is 264 g/mol. The number of benzene rings is 2. The Labute approximate surface area is 115 Å². The molecule has 104 valence electrons. The van der Waals surface area contributed by atoms with Crippen LogP contribution >= 0.6 is 0 Å². The lowest BCUT2D eigenvalue weighted by Crippen LogP contribution is -2.11. The standard InChI is InChI=1S/C15H13F2NO2/c16-11-7-12(17)9-14(8-11)20-13-3-1-2-10(6-13)15-4-5-19-18-15/h1-3,6-9,15,18H,4-5H2/t15-/m1/s1. The summed E-state index contributed by atoms with van der Waals surface area (Å²) in [6, 6.07) is 10.6. The normalized spacial score (nSPS) is 18.2. The van der Waals surface area contributed by atoms with Gasteiger partial charge < -0.3 is 9.57 Å². The lowest BCUT2D eigenvalue weighted by molar-refractivity contribution is 0.0882. The molecule has 2 aromatic rings. The minimum Gasteiger partial charge on any atom is -0.457 e. The van der Waals surface area contributed by atoms with Crippen LogP contribution in [0.2, 0.25) is 0 Å². The van der Waals surface area contributed by atoms with E-state index in [9.17, 15) is 8.78 Å². The molecule has 1 fully saturated rings. The zero-order chi connectivity index (χ0) is 13.9. The number of hydrogen-bond acceptors (Lipinski definition) is 3. The maximum absolute atomic E-state index is 13.1. The lowest BCUT2D eigenvalue weighted by atomic mass is 10.1. The molecule has 0 radical (unpaired) electrons. The highest BCUT2D eigenvalue weighted by atomic mass is 19.1. The number of ether oxygens (including phenoxy) is 1. The summed E-state index contributed by atoms with van der Waals surface area (Å²) in [5.41, 5.74) is 3.92. The summed E-state index contributed by atoms with van der Waals surface area (Å²) in [6.07, 6.45) is 0.873. The van der Waals surface area contributed by atoms with Crippen LogP contribution in [0.25, 0.3) is 0 Å². The maximum atomic E-state index is 13.1. The third-order valence-corrected chi connectivity index (χ3v) is 3.07. The van der Waals surface area contributed by atoms with Crippen LogP contribution in [0.1, 0.15) is 18.0 Å². The SMILES string of the molecule is Fc1cc(F)cc(Oc2cccc([C@H]3CCON3)c2)c1. The number of nitrogens with one attached hydrogen (secondary N) is 1. The Morgan fingerprint density at radius 3 is 2.55 bits per heavy atom. The van der Waals surface area contributed by atoms with Crippen molar-refractivity contribution < 1.29 is 18.4 Å². The Morgan fingerprint density at radius 1 is 1.05 bits per heavy atom. The van der Waals surface area contributed by atoms with Crippen LogP contribution in [0.3, 0.4) is 0 Å². The fourth-order valence-corrected chi connectivity index (χ4v) is 2.15. The van der Waals surface area contributed by atoms with Gasteiger partial charge in [0.2, 0.25) is 0 Å². The molecule has 0 aromatic heterocycles. The second-order valence-electron chi connectivity index (χ2n) is 4.59. The van der Waals surface area contributed by atoms with E-state index in [0.29, 0.717) is 12.4 Å². The van der Waals surface area contributed by atoms with Gasteiger partial charge >= 0.3 is 0 Å². The van der Waals surface area contributed by atoms with Gasteiger partial charge in [-0.1, -0.05) is 12.1 Å². The van der Waals surface area contributed by atoms with Crippen molar-refractivity contribution in [2.75, 3.05) is 6.61 Å². The number of hydrogen-bond donors (Lipinski definition) is 1. The van der Waals surface area contributed by atoms with Crippen LogP contribution in [0.15, 0.2) is 42.5 Å². The van der Waals surface area contributed by atoms with Crippen molar-refractivity contribution in [3.63, 3.8) is 0 Å². The fraction of sp³-hybridized carbons (Fsp3) is 0.200. The van der Waals surface area contributed by atoms with Crippen molar-refractivity contribution in [3.8, 4) is 11.5 Å². The van der Waals surface area contributed by atoms with Gasteiger partial charge in [-0.05, 0) is 24.1 Å². The van der Waals surface area contributed by atoms with Gasteiger partial charge in [0, 0.05) is 18.2 Å². The highest BCUT2D eigenvalue weighted by Crippen LogP contribution is 2.28.